The van der Waals surface area contributed by atoms with Gasteiger partial charge in [0.1, 0.15) is 0 Å². The van der Waals surface area contributed by atoms with Gasteiger partial charge in [-0.15, -0.1) is 0 Å². The van der Waals surface area contributed by atoms with Crippen LogP contribution in [0.3, 0.4) is 0 Å². The van der Waals surface area contributed by atoms with Gasteiger partial charge in [-0.3, -0.25) is 9.59 Å². The first kappa shape index (κ1) is 26.4. The Kier molecular flexibility index (Phi) is 8.40. The molecule has 5 rings (SSSR count). The summed E-state index contributed by atoms with van der Waals surface area (Å²) >= 11 is 12.5. The highest BCUT2D eigenvalue weighted by atomic mass is 35.5. The molecule has 2 aliphatic rings. The maximum Gasteiger partial charge on any atom is 0.251 e. The molecule has 1 N–H and O–H groups in total. The smallest absolute Gasteiger partial charge is 0.251 e. The summed E-state index contributed by atoms with van der Waals surface area (Å²) in [6, 6.07) is 21.4. The second kappa shape index (κ2) is 12.1. The average Bonchev–Trinajstić information content (AvgIpc) is 3.49. The molecule has 0 spiro atoms. The molecule has 2 aliphatic heterocycles. The highest BCUT2D eigenvalue weighted by Crippen LogP contribution is 2.26. The highest BCUT2D eigenvalue weighted by molar-refractivity contribution is 6.36. The minimum absolute atomic E-state index is 0.0256. The molecule has 0 bridgehead atoms. The molecule has 8 heteroatoms. The van der Waals surface area contributed by atoms with Gasteiger partial charge in [0.15, 0.2) is 0 Å². The molecule has 0 saturated carbocycles. The molecule has 0 atom stereocenters. The van der Waals surface area contributed by atoms with Crippen molar-refractivity contribution in [3.63, 3.8) is 0 Å². The quantitative estimate of drug-likeness (QED) is 0.427. The minimum atomic E-state index is -0.0863. The minimum Gasteiger partial charge on any atom is -0.372 e. The Morgan fingerprint density at radius 1 is 0.737 bits per heavy atom. The van der Waals surface area contributed by atoms with E-state index in [-0.39, 0.29) is 18.2 Å². The molecule has 3 aromatic rings. The van der Waals surface area contributed by atoms with E-state index >= 15 is 0 Å². The van der Waals surface area contributed by atoms with Crippen molar-refractivity contribution in [1.29, 1.82) is 0 Å². The van der Waals surface area contributed by atoms with Crippen LogP contribution in [0, 0.1) is 0 Å². The van der Waals surface area contributed by atoms with E-state index < -0.39 is 0 Å². The third kappa shape index (κ3) is 6.25. The fourth-order valence-corrected chi connectivity index (χ4v) is 5.66. The molecule has 0 unspecified atom stereocenters. The van der Waals surface area contributed by atoms with E-state index in [2.05, 4.69) is 39.4 Å². The van der Waals surface area contributed by atoms with Gasteiger partial charge in [-0.05, 0) is 72.5 Å². The van der Waals surface area contributed by atoms with E-state index in [4.69, 9.17) is 23.2 Å². The zero-order valence-electron chi connectivity index (χ0n) is 21.3. The molecule has 2 amide bonds. The second-order valence-corrected chi connectivity index (χ2v) is 10.7. The maximum absolute atomic E-state index is 12.8. The average molecular weight is 552 g/mol. The van der Waals surface area contributed by atoms with Crippen molar-refractivity contribution in [3.05, 3.63) is 93.5 Å². The zero-order chi connectivity index (χ0) is 26.5. The lowest BCUT2D eigenvalue weighted by molar-refractivity contribution is -0.130. The summed E-state index contributed by atoms with van der Waals surface area (Å²) in [5.41, 5.74) is 4.68. The molecule has 38 heavy (non-hydrogen) atoms. The van der Waals surface area contributed by atoms with Crippen LogP contribution >= 0.6 is 23.2 Å². The SMILES string of the molecule is O=C(NCc1cccc(N2CCCC2)c1)c1ccc(N2CCN(C(=O)Cc3c(Cl)cccc3Cl)CC2)cc1. The Morgan fingerprint density at radius 3 is 2.05 bits per heavy atom. The van der Waals surface area contributed by atoms with Crippen LogP contribution in [0.1, 0.15) is 34.3 Å². The van der Waals surface area contributed by atoms with Gasteiger partial charge in [0, 0.05) is 72.8 Å². The van der Waals surface area contributed by atoms with Crippen LogP contribution in [-0.4, -0.2) is 56.0 Å². The number of amides is 2. The van der Waals surface area contributed by atoms with E-state index in [9.17, 15) is 9.59 Å². The van der Waals surface area contributed by atoms with E-state index in [1.54, 1.807) is 18.2 Å². The summed E-state index contributed by atoms with van der Waals surface area (Å²) in [6.45, 7) is 5.40. The van der Waals surface area contributed by atoms with Crippen molar-refractivity contribution in [3.8, 4) is 0 Å². The number of piperazine rings is 1. The van der Waals surface area contributed by atoms with Gasteiger partial charge >= 0.3 is 0 Å². The van der Waals surface area contributed by atoms with Gasteiger partial charge in [-0.25, -0.2) is 0 Å². The van der Waals surface area contributed by atoms with Gasteiger partial charge in [0.2, 0.25) is 5.91 Å². The number of nitrogens with zero attached hydrogens (tertiary/aromatic N) is 3. The molecule has 198 valence electrons. The summed E-state index contributed by atoms with van der Waals surface area (Å²) < 4.78 is 0. The van der Waals surface area contributed by atoms with Crippen LogP contribution in [0.2, 0.25) is 10.0 Å². The monoisotopic (exact) mass is 550 g/mol. The number of benzene rings is 3. The molecule has 6 nitrogen and oxygen atoms in total. The van der Waals surface area contributed by atoms with Gasteiger partial charge in [-0.2, -0.15) is 0 Å². The molecule has 2 heterocycles. The summed E-state index contributed by atoms with van der Waals surface area (Å²) in [6.07, 6.45) is 2.68. The number of halogens is 2. The number of hydrogen-bond donors (Lipinski definition) is 1. The largest absolute Gasteiger partial charge is 0.372 e. The summed E-state index contributed by atoms with van der Waals surface area (Å²) in [5.74, 6) is -0.0607. The Hall–Kier alpha value is -3.22. The van der Waals surface area contributed by atoms with Crippen LogP contribution < -0.4 is 15.1 Å². The number of hydrogen-bond acceptors (Lipinski definition) is 4. The van der Waals surface area contributed by atoms with Crippen molar-refractivity contribution < 1.29 is 9.59 Å². The molecule has 3 aromatic carbocycles. The number of nitrogens with one attached hydrogen (secondary N) is 1. The summed E-state index contributed by atoms with van der Waals surface area (Å²) in [5, 5.41) is 4.08. The zero-order valence-corrected chi connectivity index (χ0v) is 22.8. The van der Waals surface area contributed by atoms with Crippen molar-refractivity contribution in [2.24, 2.45) is 0 Å². The first-order valence-electron chi connectivity index (χ1n) is 13.2. The number of carbonyl (C=O) groups is 2. The lowest BCUT2D eigenvalue weighted by Crippen LogP contribution is -2.49. The molecular formula is C30H32Cl2N4O2. The molecule has 0 radical (unpaired) electrons. The number of rotatable bonds is 7. The van der Waals surface area contributed by atoms with Gasteiger partial charge < -0.3 is 20.0 Å². The first-order valence-corrected chi connectivity index (χ1v) is 13.9. The Morgan fingerprint density at radius 2 is 1.37 bits per heavy atom. The Labute approximate surface area is 234 Å². The van der Waals surface area contributed by atoms with Gasteiger partial charge in [-0.1, -0.05) is 41.4 Å². The number of anilines is 2. The fourth-order valence-electron chi connectivity index (χ4n) is 5.12. The van der Waals surface area contributed by atoms with Crippen LogP contribution in [0.4, 0.5) is 11.4 Å². The summed E-state index contributed by atoms with van der Waals surface area (Å²) in [7, 11) is 0. The normalized spacial score (nSPS) is 15.6. The molecule has 2 saturated heterocycles. The van der Waals surface area contributed by atoms with Crippen LogP contribution in [0.5, 0.6) is 0 Å². The molecule has 0 aromatic heterocycles. The van der Waals surface area contributed by atoms with Crippen LogP contribution in [0.25, 0.3) is 0 Å². The Bertz CT molecular complexity index is 1260. The van der Waals surface area contributed by atoms with E-state index in [1.165, 1.54) is 18.5 Å². The topological polar surface area (TPSA) is 55.9 Å². The third-order valence-corrected chi connectivity index (χ3v) is 8.06. The van der Waals surface area contributed by atoms with Crippen molar-refractivity contribution in [2.75, 3.05) is 49.1 Å². The standard InChI is InChI=1S/C30H32Cl2N4O2/c31-27-7-4-8-28(32)26(27)20-29(37)36-17-15-35(16-18-36)24-11-9-23(10-12-24)30(38)33-21-22-5-3-6-25(19-22)34-13-1-2-14-34/h3-12,19H,1-2,13-18,20-21H2,(H,33,38). The predicted molar refractivity (Wildman–Crippen MR) is 154 cm³/mol. The summed E-state index contributed by atoms with van der Waals surface area (Å²) in [4.78, 5) is 32.1. The highest BCUT2D eigenvalue weighted by Gasteiger charge is 2.23. The predicted octanol–water partition coefficient (Wildman–Crippen LogP) is 5.41. The molecular weight excluding hydrogens is 519 g/mol. The van der Waals surface area contributed by atoms with E-state index in [0.29, 0.717) is 40.8 Å². The van der Waals surface area contributed by atoms with Gasteiger partial charge in [0.05, 0.1) is 6.42 Å². The van der Waals surface area contributed by atoms with Gasteiger partial charge in [0.25, 0.3) is 5.91 Å². The van der Waals surface area contributed by atoms with Crippen molar-refractivity contribution >= 4 is 46.4 Å². The van der Waals surface area contributed by atoms with Crippen LogP contribution in [-0.2, 0) is 17.8 Å². The third-order valence-electron chi connectivity index (χ3n) is 7.35. The van der Waals surface area contributed by atoms with Crippen molar-refractivity contribution in [1.82, 2.24) is 10.2 Å². The lowest BCUT2D eigenvalue weighted by Gasteiger charge is -2.36. The Balaban J connectivity index is 1.11. The maximum atomic E-state index is 12.8. The fraction of sp³-hybridized carbons (Fsp3) is 0.333. The molecule has 2 fully saturated rings. The van der Waals surface area contributed by atoms with E-state index in [1.807, 2.05) is 29.2 Å². The van der Waals surface area contributed by atoms with Crippen LogP contribution in [0.15, 0.2) is 66.7 Å². The van der Waals surface area contributed by atoms with E-state index in [0.717, 1.165) is 37.4 Å². The first-order chi connectivity index (χ1) is 18.5. The number of carbonyl (C=O) groups excluding carboxylic acids is 2. The second-order valence-electron chi connectivity index (χ2n) is 9.84. The lowest BCUT2D eigenvalue weighted by atomic mass is 10.1. The molecule has 0 aliphatic carbocycles. The van der Waals surface area contributed by atoms with Crippen molar-refractivity contribution in [2.45, 2.75) is 25.8 Å².